The molecule has 0 unspecified atom stereocenters. The van der Waals surface area contributed by atoms with E-state index in [1.54, 1.807) is 0 Å². The third-order valence-corrected chi connectivity index (χ3v) is 12.2. The monoisotopic (exact) mass is 747 g/mol. The van der Waals surface area contributed by atoms with Crippen molar-refractivity contribution in [3.63, 3.8) is 0 Å². The molecule has 0 spiro atoms. The Balaban J connectivity index is 0.932. The molecule has 2 heterocycles. The van der Waals surface area contributed by atoms with Crippen molar-refractivity contribution in [1.82, 2.24) is 9.55 Å². The molecule has 0 aliphatic carbocycles. The van der Waals surface area contributed by atoms with Crippen LogP contribution >= 0.6 is 0 Å². The molecule has 0 bridgehead atoms. The molecular formula is C56H33N3. The van der Waals surface area contributed by atoms with Gasteiger partial charge < -0.3 is 4.57 Å². The van der Waals surface area contributed by atoms with Gasteiger partial charge in [-0.2, -0.15) is 5.26 Å². The molecule has 0 saturated heterocycles. The fourth-order valence-corrected chi connectivity index (χ4v) is 9.44. The highest BCUT2D eigenvalue weighted by atomic mass is 15.0. The first kappa shape index (κ1) is 33.1. The van der Waals surface area contributed by atoms with E-state index in [2.05, 4.69) is 180 Å². The molecule has 0 aliphatic heterocycles. The highest BCUT2D eigenvalue weighted by Crippen LogP contribution is 2.43. The van der Waals surface area contributed by atoms with E-state index < -0.39 is 0 Å². The summed E-state index contributed by atoms with van der Waals surface area (Å²) in [6, 6.07) is 72.1. The highest BCUT2D eigenvalue weighted by molar-refractivity contribution is 6.27. The van der Waals surface area contributed by atoms with Gasteiger partial charge in [0, 0.05) is 33.6 Å². The van der Waals surface area contributed by atoms with Gasteiger partial charge in [-0.15, -0.1) is 0 Å². The fraction of sp³-hybridized carbons (Fsp3) is 0. The van der Waals surface area contributed by atoms with Gasteiger partial charge in [0.1, 0.15) is 0 Å². The van der Waals surface area contributed by atoms with Gasteiger partial charge in [-0.1, -0.05) is 146 Å². The minimum Gasteiger partial charge on any atom is -0.309 e. The van der Waals surface area contributed by atoms with E-state index in [-0.39, 0.29) is 0 Å². The highest BCUT2D eigenvalue weighted by Gasteiger charge is 2.17. The first-order valence-corrected chi connectivity index (χ1v) is 20.0. The van der Waals surface area contributed by atoms with Gasteiger partial charge in [-0.25, -0.2) is 0 Å². The Kier molecular flexibility index (Phi) is 7.29. The zero-order valence-corrected chi connectivity index (χ0v) is 31.9. The van der Waals surface area contributed by atoms with Crippen LogP contribution in [0.2, 0.25) is 0 Å². The van der Waals surface area contributed by atoms with Gasteiger partial charge in [0.25, 0.3) is 0 Å². The first-order valence-electron chi connectivity index (χ1n) is 20.0. The molecule has 0 saturated carbocycles. The van der Waals surface area contributed by atoms with E-state index in [4.69, 9.17) is 4.98 Å². The lowest BCUT2D eigenvalue weighted by atomic mass is 9.87. The van der Waals surface area contributed by atoms with Crippen molar-refractivity contribution in [2.24, 2.45) is 0 Å². The molecule has 3 heteroatoms. The molecule has 0 N–H and O–H groups in total. The average molecular weight is 748 g/mol. The van der Waals surface area contributed by atoms with Crippen molar-refractivity contribution < 1.29 is 0 Å². The second-order valence-corrected chi connectivity index (χ2v) is 15.4. The molecule has 10 aromatic carbocycles. The largest absolute Gasteiger partial charge is 0.309 e. The van der Waals surface area contributed by atoms with Crippen LogP contribution in [0.4, 0.5) is 0 Å². The van der Waals surface area contributed by atoms with E-state index in [0.717, 1.165) is 60.6 Å². The molecular weight excluding hydrogens is 715 g/mol. The van der Waals surface area contributed by atoms with Gasteiger partial charge in [0.2, 0.25) is 0 Å². The number of pyridine rings is 1. The minimum atomic E-state index is 0.660. The third kappa shape index (κ3) is 5.17. The van der Waals surface area contributed by atoms with E-state index in [9.17, 15) is 5.26 Å². The second kappa shape index (κ2) is 13.0. The minimum absolute atomic E-state index is 0.660. The Hall–Kier alpha value is -8.06. The van der Waals surface area contributed by atoms with Crippen molar-refractivity contribution in [2.45, 2.75) is 0 Å². The Morgan fingerprint density at radius 2 is 0.949 bits per heavy atom. The second-order valence-electron chi connectivity index (χ2n) is 15.4. The Bertz CT molecular complexity index is 3640. The average Bonchev–Trinajstić information content (AvgIpc) is 3.64. The molecule has 59 heavy (non-hydrogen) atoms. The molecule has 3 nitrogen and oxygen atoms in total. The summed E-state index contributed by atoms with van der Waals surface area (Å²) in [7, 11) is 0. The number of rotatable bonds is 5. The lowest BCUT2D eigenvalue weighted by Crippen LogP contribution is -1.93. The molecule has 2 aromatic heterocycles. The molecule has 0 amide bonds. The lowest BCUT2D eigenvalue weighted by Gasteiger charge is -2.17. The quantitative estimate of drug-likeness (QED) is 0.165. The number of benzene rings is 10. The molecule has 12 aromatic rings. The number of aromatic nitrogens is 2. The number of para-hydroxylation sites is 2. The van der Waals surface area contributed by atoms with Gasteiger partial charge in [-0.3, -0.25) is 4.98 Å². The normalized spacial score (nSPS) is 11.7. The summed E-state index contributed by atoms with van der Waals surface area (Å²) in [5.74, 6) is 0. The van der Waals surface area contributed by atoms with Crippen molar-refractivity contribution in [1.29, 1.82) is 5.26 Å². The van der Waals surface area contributed by atoms with E-state index in [0.29, 0.717) is 5.56 Å². The standard InChI is InChI=1S/C56H33N3/c57-34-35-11-29-52-50(32-35)51-33-43(24-30-53(51)59(52)44-8-2-1-3-9-44)36-12-14-37(15-13-36)45-25-20-40-23-28-49-46(26-21-41-22-27-48(45)54(40)55(41)49)38-16-18-39(19-17-38)47-10-4-6-42-7-5-31-58-56(42)47/h1-33H. The van der Waals surface area contributed by atoms with Crippen molar-refractivity contribution in [3.05, 3.63) is 206 Å². The van der Waals surface area contributed by atoms with Crippen LogP contribution in [0.15, 0.2) is 200 Å². The van der Waals surface area contributed by atoms with E-state index in [1.165, 1.54) is 54.6 Å². The molecule has 0 atom stereocenters. The van der Waals surface area contributed by atoms with Crippen LogP contribution in [-0.4, -0.2) is 9.55 Å². The summed E-state index contributed by atoms with van der Waals surface area (Å²) >= 11 is 0. The summed E-state index contributed by atoms with van der Waals surface area (Å²) in [5, 5.41) is 20.7. The number of hydrogen-bond donors (Lipinski definition) is 0. The molecule has 12 rings (SSSR count). The Morgan fingerprint density at radius 1 is 0.390 bits per heavy atom. The van der Waals surface area contributed by atoms with Crippen LogP contribution in [0.3, 0.4) is 0 Å². The van der Waals surface area contributed by atoms with Crippen LogP contribution in [0, 0.1) is 11.3 Å². The van der Waals surface area contributed by atoms with Crippen LogP contribution in [0.1, 0.15) is 5.56 Å². The maximum Gasteiger partial charge on any atom is 0.0991 e. The zero-order chi connectivity index (χ0) is 39.0. The predicted octanol–water partition coefficient (Wildman–Crippen LogP) is 14.8. The predicted molar refractivity (Wildman–Crippen MR) is 246 cm³/mol. The van der Waals surface area contributed by atoms with Crippen molar-refractivity contribution in [3.8, 4) is 56.3 Å². The van der Waals surface area contributed by atoms with Gasteiger partial charge in [0.15, 0.2) is 0 Å². The topological polar surface area (TPSA) is 41.6 Å². The maximum atomic E-state index is 9.76. The van der Waals surface area contributed by atoms with E-state index >= 15 is 0 Å². The number of nitrogens with zero attached hydrogens (tertiary/aromatic N) is 3. The maximum absolute atomic E-state index is 9.76. The van der Waals surface area contributed by atoms with Crippen LogP contribution in [-0.2, 0) is 0 Å². The number of nitriles is 1. The summed E-state index contributed by atoms with van der Waals surface area (Å²) in [5.41, 5.74) is 14.4. The van der Waals surface area contributed by atoms with Gasteiger partial charge >= 0.3 is 0 Å². The summed E-state index contributed by atoms with van der Waals surface area (Å²) in [6.07, 6.45) is 1.87. The molecule has 0 aliphatic rings. The SMILES string of the molecule is N#Cc1ccc2c(c1)c1cc(-c3ccc(-c4ccc5ccc6c(-c7ccc(-c8cccc9cccnc89)cc7)ccc7ccc4c5c76)cc3)ccc1n2-c1ccccc1. The molecule has 0 fully saturated rings. The first-order chi connectivity index (χ1) is 29.2. The van der Waals surface area contributed by atoms with Crippen LogP contribution in [0.5, 0.6) is 0 Å². The third-order valence-electron chi connectivity index (χ3n) is 12.2. The summed E-state index contributed by atoms with van der Waals surface area (Å²) in [4.78, 5) is 4.70. The molecule has 272 valence electrons. The number of hydrogen-bond acceptors (Lipinski definition) is 2. The van der Waals surface area contributed by atoms with Crippen molar-refractivity contribution in [2.75, 3.05) is 0 Å². The lowest BCUT2D eigenvalue weighted by molar-refractivity contribution is 1.18. The Morgan fingerprint density at radius 3 is 1.61 bits per heavy atom. The van der Waals surface area contributed by atoms with Crippen LogP contribution in [0.25, 0.3) is 115 Å². The number of fused-ring (bicyclic) bond motifs is 4. The van der Waals surface area contributed by atoms with Crippen molar-refractivity contribution >= 4 is 65.0 Å². The summed E-state index contributed by atoms with van der Waals surface area (Å²) in [6.45, 7) is 0. The van der Waals surface area contributed by atoms with Crippen LogP contribution < -0.4 is 0 Å². The van der Waals surface area contributed by atoms with E-state index in [1.807, 2.05) is 30.5 Å². The Labute approximate surface area is 340 Å². The zero-order valence-electron chi connectivity index (χ0n) is 31.9. The van der Waals surface area contributed by atoms with Gasteiger partial charge in [-0.05, 0) is 120 Å². The molecule has 0 radical (unpaired) electrons. The fourth-order valence-electron chi connectivity index (χ4n) is 9.44. The van der Waals surface area contributed by atoms with Gasteiger partial charge in [0.05, 0.1) is 28.2 Å². The smallest absolute Gasteiger partial charge is 0.0991 e. The summed E-state index contributed by atoms with van der Waals surface area (Å²) < 4.78 is 2.29.